The van der Waals surface area contributed by atoms with Gasteiger partial charge in [0.25, 0.3) is 0 Å². The highest BCUT2D eigenvalue weighted by atomic mass is 32.2. The van der Waals surface area contributed by atoms with E-state index >= 15 is 0 Å². The van der Waals surface area contributed by atoms with Crippen LogP contribution in [0.4, 0.5) is 14.5 Å². The molecular formula is C30H27F2NO4S. The summed E-state index contributed by atoms with van der Waals surface area (Å²) in [7, 11) is -3.95. The van der Waals surface area contributed by atoms with Crippen LogP contribution in [0, 0.1) is 17.6 Å². The number of anilines is 1. The lowest BCUT2D eigenvalue weighted by Crippen LogP contribution is -2.50. The van der Waals surface area contributed by atoms with Crippen molar-refractivity contribution < 1.29 is 26.5 Å². The van der Waals surface area contributed by atoms with Crippen LogP contribution in [0.15, 0.2) is 108 Å². The smallest absolute Gasteiger partial charge is 0.339 e. The first-order valence-corrected chi connectivity index (χ1v) is 13.8. The fraction of sp³-hybridized carbons (Fsp3) is 0.200. The van der Waals surface area contributed by atoms with Crippen LogP contribution in [0.3, 0.4) is 0 Å². The maximum Gasteiger partial charge on any atom is 0.339 e. The summed E-state index contributed by atoms with van der Waals surface area (Å²) in [5, 5.41) is 10.6. The van der Waals surface area contributed by atoms with E-state index in [0.717, 1.165) is 11.3 Å². The van der Waals surface area contributed by atoms with Crippen LogP contribution >= 0.6 is 0 Å². The number of rotatable bonds is 9. The lowest BCUT2D eigenvalue weighted by atomic mass is 9.79. The van der Waals surface area contributed by atoms with Crippen molar-refractivity contribution >= 4 is 15.8 Å². The van der Waals surface area contributed by atoms with Crippen LogP contribution in [-0.2, 0) is 10.1 Å². The van der Waals surface area contributed by atoms with Gasteiger partial charge in [0.05, 0.1) is 12.1 Å². The van der Waals surface area contributed by atoms with E-state index in [1.807, 2.05) is 12.1 Å². The van der Waals surface area contributed by atoms with Crippen molar-refractivity contribution in [2.24, 2.45) is 5.92 Å². The van der Waals surface area contributed by atoms with Gasteiger partial charge in [-0.25, -0.2) is 8.78 Å². The van der Waals surface area contributed by atoms with Crippen molar-refractivity contribution in [1.82, 2.24) is 0 Å². The summed E-state index contributed by atoms with van der Waals surface area (Å²) in [6.45, 7) is 0.715. The van der Waals surface area contributed by atoms with Crippen molar-refractivity contribution in [2.75, 3.05) is 11.4 Å². The van der Waals surface area contributed by atoms with E-state index < -0.39 is 16.2 Å². The Morgan fingerprint density at radius 2 is 1.45 bits per heavy atom. The largest absolute Gasteiger partial charge is 0.388 e. The summed E-state index contributed by atoms with van der Waals surface area (Å²) in [6, 6.07) is 27.0. The molecule has 0 radical (unpaired) electrons. The zero-order valence-electron chi connectivity index (χ0n) is 20.5. The Morgan fingerprint density at radius 3 is 2.08 bits per heavy atom. The first kappa shape index (κ1) is 25.9. The maximum atomic E-state index is 13.5. The molecule has 4 aromatic carbocycles. The number of benzene rings is 4. The zero-order valence-corrected chi connectivity index (χ0v) is 21.3. The molecule has 196 valence electrons. The van der Waals surface area contributed by atoms with Crippen LogP contribution in [0.5, 0.6) is 5.75 Å². The van der Waals surface area contributed by atoms with Crippen molar-refractivity contribution in [3.63, 3.8) is 0 Å². The van der Waals surface area contributed by atoms with E-state index in [-0.39, 0.29) is 34.2 Å². The number of hydrogen-bond acceptors (Lipinski definition) is 5. The molecule has 1 heterocycles. The average molecular weight is 536 g/mol. The Morgan fingerprint density at radius 1 is 0.842 bits per heavy atom. The van der Waals surface area contributed by atoms with Gasteiger partial charge in [-0.05, 0) is 84.6 Å². The van der Waals surface area contributed by atoms with E-state index in [1.165, 1.54) is 36.4 Å². The van der Waals surface area contributed by atoms with Gasteiger partial charge in [-0.3, -0.25) is 0 Å². The minimum atomic E-state index is -3.95. The third kappa shape index (κ3) is 5.71. The molecule has 1 unspecified atom stereocenters. The van der Waals surface area contributed by atoms with Crippen molar-refractivity contribution in [2.45, 2.75) is 29.9 Å². The van der Waals surface area contributed by atoms with E-state index in [4.69, 9.17) is 4.18 Å². The van der Waals surface area contributed by atoms with Crippen molar-refractivity contribution in [3.8, 4) is 5.75 Å². The summed E-state index contributed by atoms with van der Waals surface area (Å²) in [5.74, 6) is -0.270. The van der Waals surface area contributed by atoms with Gasteiger partial charge in [0.15, 0.2) is 0 Å². The van der Waals surface area contributed by atoms with Gasteiger partial charge in [0.1, 0.15) is 22.3 Å². The fourth-order valence-electron chi connectivity index (χ4n) is 4.89. The highest BCUT2D eigenvalue weighted by molar-refractivity contribution is 7.87. The van der Waals surface area contributed by atoms with Gasteiger partial charge in [0, 0.05) is 18.2 Å². The Bertz CT molecular complexity index is 1460. The summed E-state index contributed by atoms with van der Waals surface area (Å²) in [5.41, 5.74) is 2.49. The predicted molar refractivity (Wildman–Crippen MR) is 141 cm³/mol. The maximum absolute atomic E-state index is 13.5. The molecule has 4 aromatic rings. The van der Waals surface area contributed by atoms with Gasteiger partial charge < -0.3 is 14.2 Å². The second-order valence-corrected chi connectivity index (χ2v) is 10.9. The second-order valence-electron chi connectivity index (χ2n) is 9.40. The Hall–Kier alpha value is -3.75. The molecule has 1 aliphatic rings. The molecule has 1 saturated heterocycles. The van der Waals surface area contributed by atoms with Crippen molar-refractivity contribution in [3.05, 3.63) is 126 Å². The molecule has 5 rings (SSSR count). The molecule has 3 atom stereocenters. The van der Waals surface area contributed by atoms with Gasteiger partial charge in [-0.2, -0.15) is 8.42 Å². The normalized spacial score (nSPS) is 18.0. The number of aliphatic hydroxyl groups excluding tert-OH is 1. The van der Waals surface area contributed by atoms with Crippen molar-refractivity contribution in [1.29, 1.82) is 0 Å². The first-order valence-electron chi connectivity index (χ1n) is 12.4. The highest BCUT2D eigenvalue weighted by Gasteiger charge is 2.40. The van der Waals surface area contributed by atoms with E-state index in [9.17, 15) is 22.3 Å². The predicted octanol–water partition coefficient (Wildman–Crippen LogP) is 6.42. The minimum Gasteiger partial charge on any atom is -0.388 e. The minimum absolute atomic E-state index is 0.0549. The molecule has 0 aromatic heterocycles. The lowest BCUT2D eigenvalue weighted by molar-refractivity contribution is 0.144. The van der Waals surface area contributed by atoms with Crippen LogP contribution < -0.4 is 9.08 Å². The molecule has 5 nitrogen and oxygen atoms in total. The van der Waals surface area contributed by atoms with Crippen LogP contribution in [0.25, 0.3) is 0 Å². The molecule has 0 saturated carbocycles. The van der Waals surface area contributed by atoms with Crippen LogP contribution in [0.1, 0.15) is 36.1 Å². The van der Waals surface area contributed by atoms with Crippen LogP contribution in [-0.4, -0.2) is 20.1 Å². The Balaban J connectivity index is 1.33. The van der Waals surface area contributed by atoms with Gasteiger partial charge in [-0.1, -0.05) is 42.5 Å². The third-order valence-corrected chi connectivity index (χ3v) is 8.16. The average Bonchev–Trinajstić information content (AvgIpc) is 2.91. The molecule has 0 spiro atoms. The highest BCUT2D eigenvalue weighted by Crippen LogP contribution is 2.45. The quantitative estimate of drug-likeness (QED) is 0.251. The third-order valence-electron chi connectivity index (χ3n) is 6.90. The number of hydrogen-bond donors (Lipinski definition) is 1. The standard InChI is InChI=1S/C30H27F2NO4S/c31-24-11-6-21(7-12-24)29(34)19-10-23-20-33(26-15-13-25(32)14-16-26)30(23)22-8-17-27(18-9-22)37-38(35,36)28-4-2-1-3-5-28/h1-9,11-18,23,29-30,34H,10,19-20H2/t23-,29?,30+/m0/s1. The topological polar surface area (TPSA) is 66.8 Å². The molecular weight excluding hydrogens is 508 g/mol. The molecule has 0 amide bonds. The fourth-order valence-corrected chi connectivity index (χ4v) is 5.84. The zero-order chi connectivity index (χ0) is 26.7. The van der Waals surface area contributed by atoms with Gasteiger partial charge in [-0.15, -0.1) is 0 Å². The molecule has 0 bridgehead atoms. The lowest BCUT2D eigenvalue weighted by Gasteiger charge is -2.50. The molecule has 1 N–H and O–H groups in total. The Labute approximate surface area is 221 Å². The van der Waals surface area contributed by atoms with Gasteiger partial charge in [0.2, 0.25) is 0 Å². The molecule has 1 aliphatic heterocycles. The monoisotopic (exact) mass is 535 g/mol. The van der Waals surface area contributed by atoms with Gasteiger partial charge >= 0.3 is 10.1 Å². The van der Waals surface area contributed by atoms with Crippen LogP contribution in [0.2, 0.25) is 0 Å². The van der Waals surface area contributed by atoms with E-state index in [2.05, 4.69) is 4.90 Å². The second kappa shape index (κ2) is 10.9. The number of halogens is 2. The SMILES string of the molecule is O=S(=O)(Oc1ccc([C@@H]2[C@@H](CCC(O)c3ccc(F)cc3)CN2c2ccc(F)cc2)cc1)c1ccccc1. The number of aliphatic hydroxyl groups is 1. The summed E-state index contributed by atoms with van der Waals surface area (Å²) in [6.07, 6.45) is 0.498. The summed E-state index contributed by atoms with van der Waals surface area (Å²) >= 11 is 0. The van der Waals surface area contributed by atoms with E-state index in [0.29, 0.717) is 24.9 Å². The van der Waals surface area contributed by atoms with E-state index in [1.54, 1.807) is 54.6 Å². The molecule has 1 fully saturated rings. The molecule has 38 heavy (non-hydrogen) atoms. The number of nitrogens with zero attached hydrogens (tertiary/aromatic N) is 1. The molecule has 8 heteroatoms. The Kier molecular flexibility index (Phi) is 7.44. The molecule has 0 aliphatic carbocycles. The first-order chi connectivity index (χ1) is 18.3. The summed E-state index contributed by atoms with van der Waals surface area (Å²) in [4.78, 5) is 2.23. The summed E-state index contributed by atoms with van der Waals surface area (Å²) < 4.78 is 57.3.